The predicted octanol–water partition coefficient (Wildman–Crippen LogP) is 16.5. The molecule has 0 N–H and O–H groups in total. The van der Waals surface area contributed by atoms with Crippen molar-refractivity contribution >= 4 is 17.9 Å². The van der Waals surface area contributed by atoms with Gasteiger partial charge >= 0.3 is 17.9 Å². The molecule has 0 saturated carbocycles. The van der Waals surface area contributed by atoms with Crippen LogP contribution in [0.2, 0.25) is 0 Å². The minimum absolute atomic E-state index is 0.0134. The third-order valence-electron chi connectivity index (χ3n) is 13.6. The summed E-state index contributed by atoms with van der Waals surface area (Å²) in [4.78, 5) is 43.9. The van der Waals surface area contributed by atoms with Crippen molar-refractivity contribution in [2.24, 2.45) is 5.92 Å². The molecule has 1 fully saturated rings. The van der Waals surface area contributed by atoms with Crippen molar-refractivity contribution in [1.29, 1.82) is 0 Å². The van der Waals surface area contributed by atoms with Gasteiger partial charge < -0.3 is 14.2 Å². The van der Waals surface area contributed by atoms with Gasteiger partial charge in [0.1, 0.15) is 12.2 Å². The van der Waals surface area contributed by atoms with Crippen LogP contribution in [0.3, 0.4) is 0 Å². The van der Waals surface area contributed by atoms with E-state index in [4.69, 9.17) is 14.2 Å². The average Bonchev–Trinajstić information content (AvgIpc) is 3.33. The van der Waals surface area contributed by atoms with Crippen LogP contribution in [-0.2, 0) is 28.6 Å². The van der Waals surface area contributed by atoms with Crippen LogP contribution in [0.15, 0.2) is 48.6 Å². The smallest absolute Gasteiger partial charge is 0.309 e. The van der Waals surface area contributed by atoms with E-state index in [9.17, 15) is 14.4 Å². The quantitative estimate of drug-likeness (QED) is 0.0258. The summed E-state index contributed by atoms with van der Waals surface area (Å²) in [5.41, 5.74) is 0. The SMILES string of the molecule is CCCC/C=C\CCC(CC/C=C\CCCC)OC(=O)CCCCCCCN(CCCCCCC(=O)OC(CC/C=C\CCCCC)CC/C=C\CCCCC)C1CC(C(=O)OCC)CCN1C. The number of rotatable bonds is 46. The van der Waals surface area contributed by atoms with E-state index in [2.05, 4.69) is 93.2 Å². The van der Waals surface area contributed by atoms with Gasteiger partial charge in [-0.05, 0) is 155 Å². The van der Waals surface area contributed by atoms with Gasteiger partial charge in [-0.1, -0.05) is 160 Å². The summed E-state index contributed by atoms with van der Waals surface area (Å²) in [6.07, 6.45) is 54.7. The van der Waals surface area contributed by atoms with Crippen LogP contribution in [0.4, 0.5) is 0 Å². The van der Waals surface area contributed by atoms with E-state index >= 15 is 0 Å². The minimum atomic E-state index is -0.0548. The molecule has 2 atom stereocenters. The Morgan fingerprint density at radius 2 is 0.882 bits per heavy atom. The summed E-state index contributed by atoms with van der Waals surface area (Å²) >= 11 is 0. The van der Waals surface area contributed by atoms with E-state index in [1.807, 2.05) is 6.92 Å². The van der Waals surface area contributed by atoms with Crippen LogP contribution in [0.1, 0.15) is 259 Å². The Kier molecular flexibility index (Phi) is 43.4. The van der Waals surface area contributed by atoms with Crippen LogP contribution in [0.5, 0.6) is 0 Å². The molecule has 0 spiro atoms. The standard InChI is InChI=1S/C60H108N2O6/c1-7-12-16-20-24-29-37-45-56(46-38-30-25-21-17-13-8-2)68-59(64)48-40-32-34-42-51-62(57-53-54(49-52-61(57)6)60(65)66-11-5)50-41-33-26-31-39-47-58(63)67-55(43-35-27-22-18-14-9-3)44-36-28-23-19-15-10-4/h22-25,27-30,54-57H,7-21,26,31-53H2,1-6H3/b27-22-,28-23-,29-24-,30-25-. The van der Waals surface area contributed by atoms with Crippen LogP contribution in [-0.4, -0.2) is 79.4 Å². The molecule has 1 saturated heterocycles. The zero-order valence-corrected chi connectivity index (χ0v) is 45.3. The molecule has 0 aromatic heterocycles. The lowest BCUT2D eigenvalue weighted by atomic mass is 9.93. The van der Waals surface area contributed by atoms with Gasteiger partial charge in [0.15, 0.2) is 0 Å². The molecule has 8 nitrogen and oxygen atoms in total. The van der Waals surface area contributed by atoms with Crippen molar-refractivity contribution in [2.75, 3.05) is 33.3 Å². The van der Waals surface area contributed by atoms with Crippen molar-refractivity contribution in [2.45, 2.75) is 278 Å². The van der Waals surface area contributed by atoms with Crippen LogP contribution in [0.25, 0.3) is 0 Å². The number of esters is 3. The van der Waals surface area contributed by atoms with Gasteiger partial charge in [0.2, 0.25) is 0 Å². The van der Waals surface area contributed by atoms with Crippen molar-refractivity contribution in [1.82, 2.24) is 9.80 Å². The number of allylic oxidation sites excluding steroid dienone is 8. The topological polar surface area (TPSA) is 85.4 Å². The molecule has 2 unspecified atom stereocenters. The summed E-state index contributed by atoms with van der Waals surface area (Å²) in [6, 6.07) is 0. The van der Waals surface area contributed by atoms with Crippen molar-refractivity contribution in [3.8, 4) is 0 Å². The first-order valence-electron chi connectivity index (χ1n) is 28.9. The number of piperidine rings is 1. The predicted molar refractivity (Wildman–Crippen MR) is 289 cm³/mol. The number of unbranched alkanes of at least 4 members (excludes halogenated alkanes) is 17. The Bertz CT molecular complexity index is 1260. The molecule has 0 aromatic carbocycles. The number of carbonyl (C=O) groups excluding carboxylic acids is 3. The molecule has 394 valence electrons. The molecule has 1 aliphatic heterocycles. The lowest BCUT2D eigenvalue weighted by Gasteiger charge is -2.43. The molecule has 8 heteroatoms. The maximum absolute atomic E-state index is 13.1. The maximum Gasteiger partial charge on any atom is 0.309 e. The number of hydrogen-bond donors (Lipinski definition) is 0. The van der Waals surface area contributed by atoms with E-state index in [-0.39, 0.29) is 42.2 Å². The summed E-state index contributed by atoms with van der Waals surface area (Å²) in [6.45, 7) is 14.1. The van der Waals surface area contributed by atoms with Gasteiger partial charge in [0.25, 0.3) is 0 Å². The summed E-state index contributed by atoms with van der Waals surface area (Å²) in [5, 5.41) is 0. The van der Waals surface area contributed by atoms with Crippen molar-refractivity contribution in [3.63, 3.8) is 0 Å². The maximum atomic E-state index is 13.1. The number of likely N-dealkylation sites (tertiary alicyclic amines) is 1. The van der Waals surface area contributed by atoms with E-state index in [0.29, 0.717) is 19.4 Å². The highest BCUT2D eigenvalue weighted by Gasteiger charge is 2.34. The third kappa shape index (κ3) is 36.3. The van der Waals surface area contributed by atoms with Crippen LogP contribution in [0, 0.1) is 5.92 Å². The molecule has 68 heavy (non-hydrogen) atoms. The molecular formula is C60H108N2O6. The monoisotopic (exact) mass is 953 g/mol. The largest absolute Gasteiger partial charge is 0.466 e. The number of carbonyl (C=O) groups is 3. The Hall–Kier alpha value is -2.71. The molecule has 0 aliphatic carbocycles. The lowest BCUT2D eigenvalue weighted by Crippen LogP contribution is -2.52. The van der Waals surface area contributed by atoms with Gasteiger partial charge in [0.05, 0.1) is 18.7 Å². The van der Waals surface area contributed by atoms with Gasteiger partial charge in [-0.25, -0.2) is 0 Å². The third-order valence-corrected chi connectivity index (χ3v) is 13.6. The molecule has 0 aromatic rings. The Morgan fingerprint density at radius 3 is 1.29 bits per heavy atom. The number of ether oxygens (including phenoxy) is 3. The first-order chi connectivity index (χ1) is 33.3. The lowest BCUT2D eigenvalue weighted by molar-refractivity contribution is -0.152. The zero-order valence-electron chi connectivity index (χ0n) is 45.3. The highest BCUT2D eigenvalue weighted by Crippen LogP contribution is 2.27. The fourth-order valence-electron chi connectivity index (χ4n) is 9.18. The molecule has 1 rings (SSSR count). The summed E-state index contributed by atoms with van der Waals surface area (Å²) in [7, 11) is 2.20. The van der Waals surface area contributed by atoms with E-state index in [1.54, 1.807) is 0 Å². The fraction of sp³-hybridized carbons (Fsp3) is 0.817. The van der Waals surface area contributed by atoms with Gasteiger partial charge in [-0.15, -0.1) is 0 Å². The van der Waals surface area contributed by atoms with E-state index in [1.165, 1.54) is 64.2 Å². The molecule has 0 amide bonds. The Morgan fingerprint density at radius 1 is 0.500 bits per heavy atom. The first kappa shape index (κ1) is 63.3. The summed E-state index contributed by atoms with van der Waals surface area (Å²) < 4.78 is 17.6. The highest BCUT2D eigenvalue weighted by atomic mass is 16.5. The fourth-order valence-corrected chi connectivity index (χ4v) is 9.18. The van der Waals surface area contributed by atoms with Crippen LogP contribution >= 0.6 is 0 Å². The highest BCUT2D eigenvalue weighted by molar-refractivity contribution is 5.72. The molecule has 0 bridgehead atoms. The number of nitrogens with zero attached hydrogens (tertiary/aromatic N) is 2. The van der Waals surface area contributed by atoms with Gasteiger partial charge in [-0.3, -0.25) is 24.2 Å². The summed E-state index contributed by atoms with van der Waals surface area (Å²) in [5.74, 6) is -0.203. The molecular weight excluding hydrogens is 845 g/mol. The van der Waals surface area contributed by atoms with E-state index in [0.717, 1.165) is 167 Å². The van der Waals surface area contributed by atoms with Crippen molar-refractivity contribution < 1.29 is 28.6 Å². The normalized spacial score (nSPS) is 16.0. The van der Waals surface area contributed by atoms with Gasteiger partial charge in [0, 0.05) is 19.4 Å². The second-order valence-corrected chi connectivity index (χ2v) is 19.8. The second-order valence-electron chi connectivity index (χ2n) is 19.8. The second kappa shape index (κ2) is 46.7. The minimum Gasteiger partial charge on any atom is -0.466 e. The molecule has 1 heterocycles. The van der Waals surface area contributed by atoms with Gasteiger partial charge in [-0.2, -0.15) is 0 Å². The van der Waals surface area contributed by atoms with Crippen LogP contribution < -0.4 is 0 Å². The Balaban J connectivity index is 2.65. The first-order valence-corrected chi connectivity index (χ1v) is 28.9. The van der Waals surface area contributed by atoms with Crippen molar-refractivity contribution in [3.05, 3.63) is 48.6 Å². The average molecular weight is 954 g/mol. The zero-order chi connectivity index (χ0) is 49.6. The molecule has 0 radical (unpaired) electrons. The Labute approximate surface area is 420 Å². The van der Waals surface area contributed by atoms with E-state index < -0.39 is 0 Å². The number of hydrogen-bond acceptors (Lipinski definition) is 8. The molecule has 1 aliphatic rings.